The number of rotatable bonds is 9. The first-order chi connectivity index (χ1) is 20.2. The number of carbonyl (C=O) groups is 3. The number of anilines is 1. The molecule has 42 heavy (non-hydrogen) atoms. The Morgan fingerprint density at radius 2 is 1.79 bits per heavy atom. The fourth-order valence-electron chi connectivity index (χ4n) is 4.74. The second-order valence-electron chi connectivity index (χ2n) is 9.82. The van der Waals surface area contributed by atoms with Gasteiger partial charge in [0.05, 0.1) is 22.5 Å². The van der Waals surface area contributed by atoms with Gasteiger partial charge in [-0.3, -0.25) is 19.3 Å². The molecule has 5 rings (SSSR count). The lowest BCUT2D eigenvalue weighted by molar-refractivity contribution is -0.123. The van der Waals surface area contributed by atoms with Gasteiger partial charge in [0, 0.05) is 5.69 Å². The summed E-state index contributed by atoms with van der Waals surface area (Å²) in [6.45, 7) is 6.10. The molecule has 1 fully saturated rings. The molecule has 1 aliphatic rings. The van der Waals surface area contributed by atoms with E-state index in [-0.39, 0.29) is 30.2 Å². The van der Waals surface area contributed by atoms with Crippen LogP contribution in [0.3, 0.4) is 0 Å². The van der Waals surface area contributed by atoms with E-state index in [1.807, 2.05) is 81.4 Å². The molecular formula is C33H29BrN2O5S. The highest BCUT2D eigenvalue weighted by molar-refractivity contribution is 9.10. The summed E-state index contributed by atoms with van der Waals surface area (Å²) in [7, 11) is 0. The monoisotopic (exact) mass is 644 g/mol. The summed E-state index contributed by atoms with van der Waals surface area (Å²) >= 11 is 4.43. The maximum atomic E-state index is 13.3. The number of aryl methyl sites for hydroxylation is 2. The molecule has 7 nitrogen and oxygen atoms in total. The number of thioether (sulfide) groups is 1. The number of hydrogen-bond donors (Lipinski definition) is 1. The fourth-order valence-corrected chi connectivity index (χ4v) is 6.15. The van der Waals surface area contributed by atoms with Gasteiger partial charge >= 0.3 is 0 Å². The molecule has 4 aromatic carbocycles. The molecule has 1 N–H and O–H groups in total. The van der Waals surface area contributed by atoms with Crippen molar-refractivity contribution >= 4 is 67.3 Å². The Balaban J connectivity index is 1.32. The van der Waals surface area contributed by atoms with Crippen LogP contribution in [0, 0.1) is 13.8 Å². The Morgan fingerprint density at radius 3 is 2.57 bits per heavy atom. The molecule has 214 valence electrons. The molecule has 3 amide bonds. The third-order valence-corrected chi connectivity index (χ3v) is 8.21. The predicted molar refractivity (Wildman–Crippen MR) is 171 cm³/mol. The number of halogens is 1. The van der Waals surface area contributed by atoms with Gasteiger partial charge < -0.3 is 14.8 Å². The summed E-state index contributed by atoms with van der Waals surface area (Å²) < 4.78 is 12.2. The first-order valence-corrected chi connectivity index (χ1v) is 15.0. The lowest BCUT2D eigenvalue weighted by Crippen LogP contribution is -2.27. The second kappa shape index (κ2) is 12.8. The number of carbonyl (C=O) groups excluding carboxylic acids is 3. The molecule has 1 heterocycles. The van der Waals surface area contributed by atoms with Crippen molar-refractivity contribution < 1.29 is 23.9 Å². The van der Waals surface area contributed by atoms with Crippen LogP contribution in [-0.2, 0) is 16.1 Å². The number of hydrogen-bond acceptors (Lipinski definition) is 6. The molecule has 4 aromatic rings. The van der Waals surface area contributed by atoms with Gasteiger partial charge in [-0.25, -0.2) is 0 Å². The molecule has 0 bridgehead atoms. The van der Waals surface area contributed by atoms with Gasteiger partial charge in [0.1, 0.15) is 0 Å². The van der Waals surface area contributed by atoms with Gasteiger partial charge in [-0.2, -0.15) is 0 Å². The van der Waals surface area contributed by atoms with Crippen LogP contribution >= 0.6 is 27.7 Å². The zero-order chi connectivity index (χ0) is 29.8. The molecule has 0 unspecified atom stereocenters. The van der Waals surface area contributed by atoms with E-state index in [2.05, 4.69) is 21.2 Å². The molecule has 9 heteroatoms. The molecule has 0 aliphatic carbocycles. The molecule has 0 saturated carbocycles. The Bertz CT molecular complexity index is 1730. The molecular weight excluding hydrogens is 616 g/mol. The standard InChI is InChI=1S/C33H29BrN2O5S/c1-4-40-28-16-22(15-26(34)31(28)41-19-30(37)35-27-13-12-20(2)14-21(27)3)17-29-32(38)36(33(39)42-29)18-24-10-7-9-23-8-5-6-11-25(23)24/h5-17H,4,18-19H2,1-3H3,(H,35,37)/b29-17-. The summed E-state index contributed by atoms with van der Waals surface area (Å²) in [5.74, 6) is 0.122. The summed E-state index contributed by atoms with van der Waals surface area (Å²) in [6, 6.07) is 23.0. The van der Waals surface area contributed by atoms with Crippen LogP contribution in [0.5, 0.6) is 11.5 Å². The van der Waals surface area contributed by atoms with Gasteiger partial charge in [0.15, 0.2) is 18.1 Å². The normalized spacial score (nSPS) is 14.1. The lowest BCUT2D eigenvalue weighted by Gasteiger charge is -2.15. The lowest BCUT2D eigenvalue weighted by atomic mass is 10.0. The van der Waals surface area contributed by atoms with Crippen molar-refractivity contribution in [3.63, 3.8) is 0 Å². The van der Waals surface area contributed by atoms with Crippen LogP contribution in [0.1, 0.15) is 29.2 Å². The van der Waals surface area contributed by atoms with Gasteiger partial charge in [-0.15, -0.1) is 0 Å². The smallest absolute Gasteiger partial charge is 0.293 e. The van der Waals surface area contributed by atoms with E-state index in [0.717, 1.165) is 44.9 Å². The van der Waals surface area contributed by atoms with Crippen LogP contribution in [0.25, 0.3) is 16.8 Å². The van der Waals surface area contributed by atoms with Crippen LogP contribution in [0.15, 0.2) is 82.2 Å². The number of benzene rings is 4. The van der Waals surface area contributed by atoms with Crippen molar-refractivity contribution in [2.75, 3.05) is 18.5 Å². The molecule has 0 spiro atoms. The van der Waals surface area contributed by atoms with Crippen molar-refractivity contribution in [3.05, 3.63) is 104 Å². The number of ether oxygens (including phenoxy) is 2. The number of imide groups is 1. The van der Waals surface area contributed by atoms with Crippen molar-refractivity contribution in [1.29, 1.82) is 0 Å². The van der Waals surface area contributed by atoms with E-state index in [1.165, 1.54) is 4.90 Å². The first kappa shape index (κ1) is 29.4. The van der Waals surface area contributed by atoms with Crippen LogP contribution in [0.4, 0.5) is 10.5 Å². The number of amides is 3. The van der Waals surface area contributed by atoms with Crippen molar-refractivity contribution in [2.24, 2.45) is 0 Å². The van der Waals surface area contributed by atoms with Gasteiger partial charge in [-0.05, 0) is 100 Å². The average molecular weight is 646 g/mol. The summed E-state index contributed by atoms with van der Waals surface area (Å²) in [4.78, 5) is 40.4. The van der Waals surface area contributed by atoms with Crippen LogP contribution < -0.4 is 14.8 Å². The topological polar surface area (TPSA) is 84.9 Å². The molecule has 0 aromatic heterocycles. The third kappa shape index (κ3) is 6.53. The van der Waals surface area contributed by atoms with E-state index < -0.39 is 0 Å². The van der Waals surface area contributed by atoms with E-state index in [1.54, 1.807) is 18.2 Å². The van der Waals surface area contributed by atoms with Gasteiger partial charge in [0.25, 0.3) is 17.1 Å². The average Bonchev–Trinajstić information content (AvgIpc) is 3.21. The SMILES string of the molecule is CCOc1cc(/C=C2\SC(=O)N(Cc3cccc4ccccc34)C2=O)cc(Br)c1OCC(=O)Nc1ccc(C)cc1C. The number of nitrogens with one attached hydrogen (secondary N) is 1. The molecule has 0 radical (unpaired) electrons. The molecule has 1 saturated heterocycles. The Kier molecular flexibility index (Phi) is 8.99. The minimum Gasteiger partial charge on any atom is -0.490 e. The fraction of sp³-hybridized carbons (Fsp3) is 0.182. The second-order valence-corrected chi connectivity index (χ2v) is 11.7. The quantitative estimate of drug-likeness (QED) is 0.187. The van der Waals surface area contributed by atoms with Gasteiger partial charge in [-0.1, -0.05) is 60.2 Å². The van der Waals surface area contributed by atoms with Crippen molar-refractivity contribution in [1.82, 2.24) is 4.90 Å². The minimum atomic E-state index is -0.351. The van der Waals surface area contributed by atoms with Crippen molar-refractivity contribution in [2.45, 2.75) is 27.3 Å². The van der Waals surface area contributed by atoms with E-state index >= 15 is 0 Å². The first-order valence-electron chi connectivity index (χ1n) is 13.4. The Morgan fingerprint density at radius 1 is 1.00 bits per heavy atom. The Hall–Kier alpha value is -4.08. The largest absolute Gasteiger partial charge is 0.490 e. The Labute approximate surface area is 257 Å². The van der Waals surface area contributed by atoms with E-state index in [4.69, 9.17) is 9.47 Å². The maximum absolute atomic E-state index is 13.3. The highest BCUT2D eigenvalue weighted by Crippen LogP contribution is 2.40. The van der Waals surface area contributed by atoms with E-state index in [0.29, 0.717) is 33.0 Å². The maximum Gasteiger partial charge on any atom is 0.293 e. The predicted octanol–water partition coefficient (Wildman–Crippen LogP) is 7.87. The minimum absolute atomic E-state index is 0.189. The van der Waals surface area contributed by atoms with Crippen molar-refractivity contribution in [3.8, 4) is 11.5 Å². The highest BCUT2D eigenvalue weighted by atomic mass is 79.9. The highest BCUT2D eigenvalue weighted by Gasteiger charge is 2.35. The van der Waals surface area contributed by atoms with Crippen LogP contribution in [-0.4, -0.2) is 35.2 Å². The number of fused-ring (bicyclic) bond motifs is 1. The summed E-state index contributed by atoms with van der Waals surface area (Å²) in [6.07, 6.45) is 1.66. The number of nitrogens with zero attached hydrogens (tertiary/aromatic N) is 1. The third-order valence-electron chi connectivity index (χ3n) is 6.72. The zero-order valence-corrected chi connectivity index (χ0v) is 25.8. The summed E-state index contributed by atoms with van der Waals surface area (Å²) in [5.41, 5.74) is 4.35. The van der Waals surface area contributed by atoms with E-state index in [9.17, 15) is 14.4 Å². The zero-order valence-electron chi connectivity index (χ0n) is 23.4. The molecule has 1 aliphatic heterocycles. The summed E-state index contributed by atoms with van der Waals surface area (Å²) in [5, 5.41) is 4.61. The van der Waals surface area contributed by atoms with Crippen LogP contribution in [0.2, 0.25) is 0 Å². The van der Waals surface area contributed by atoms with Gasteiger partial charge in [0.2, 0.25) is 0 Å². The molecule has 0 atom stereocenters.